The molecule has 1 atom stereocenters. The van der Waals surface area contributed by atoms with Crippen molar-refractivity contribution in [2.24, 2.45) is 0 Å². The number of nitrogens with one attached hydrogen (secondary N) is 1. The third-order valence-corrected chi connectivity index (χ3v) is 9.63. The van der Waals surface area contributed by atoms with Crippen LogP contribution in [0.4, 0.5) is 5.69 Å². The maximum atomic E-state index is 14.1. The van der Waals surface area contributed by atoms with Crippen LogP contribution in [-0.2, 0) is 26.2 Å². The van der Waals surface area contributed by atoms with Gasteiger partial charge in [0.15, 0.2) is 0 Å². The maximum absolute atomic E-state index is 14.1. The number of hydrogen-bond donors (Lipinski definition) is 1. The molecule has 0 radical (unpaired) electrons. The molecule has 3 aromatic rings. The van der Waals surface area contributed by atoms with Gasteiger partial charge in [-0.2, -0.15) is 0 Å². The molecule has 1 N–H and O–H groups in total. The summed E-state index contributed by atoms with van der Waals surface area (Å²) in [4.78, 5) is 28.9. The van der Waals surface area contributed by atoms with Crippen LogP contribution in [0, 0.1) is 0 Å². The van der Waals surface area contributed by atoms with Crippen LogP contribution in [0.3, 0.4) is 0 Å². The molecule has 0 saturated heterocycles. The van der Waals surface area contributed by atoms with E-state index in [2.05, 4.69) is 21.2 Å². The zero-order chi connectivity index (χ0) is 29.6. The second-order valence-electron chi connectivity index (χ2n) is 9.96. The second-order valence-corrected chi connectivity index (χ2v) is 13.2. The van der Waals surface area contributed by atoms with E-state index in [1.165, 1.54) is 30.2 Å². The summed E-state index contributed by atoms with van der Waals surface area (Å²) in [7, 11) is -2.82. The summed E-state index contributed by atoms with van der Waals surface area (Å²) in [6.07, 6.45) is 3.90. The minimum Gasteiger partial charge on any atom is -0.495 e. The summed E-state index contributed by atoms with van der Waals surface area (Å²) in [6.45, 7) is 1.18. The molecular formula is C30H33BrClN3O5S. The number of hydrogen-bond acceptors (Lipinski definition) is 5. The van der Waals surface area contributed by atoms with E-state index in [1.807, 2.05) is 24.3 Å². The van der Waals surface area contributed by atoms with E-state index >= 15 is 0 Å². The average molecular weight is 663 g/mol. The highest BCUT2D eigenvalue weighted by Gasteiger charge is 2.34. The number of rotatable bonds is 11. The third-order valence-electron chi connectivity index (χ3n) is 7.13. The van der Waals surface area contributed by atoms with Crippen molar-refractivity contribution < 1.29 is 22.7 Å². The molecule has 3 aromatic carbocycles. The zero-order valence-electron chi connectivity index (χ0n) is 22.9. The molecule has 0 spiro atoms. The van der Waals surface area contributed by atoms with Crippen LogP contribution < -0.4 is 14.4 Å². The molecule has 4 rings (SSSR count). The highest BCUT2D eigenvalue weighted by atomic mass is 79.9. The highest BCUT2D eigenvalue weighted by Crippen LogP contribution is 2.35. The molecule has 1 fully saturated rings. The van der Waals surface area contributed by atoms with Crippen LogP contribution in [-0.4, -0.2) is 50.9 Å². The fourth-order valence-corrected chi connectivity index (χ4v) is 6.95. The fourth-order valence-electron chi connectivity index (χ4n) is 4.90. The van der Waals surface area contributed by atoms with Crippen molar-refractivity contribution in [3.05, 3.63) is 87.9 Å². The molecule has 1 aliphatic rings. The van der Waals surface area contributed by atoms with Gasteiger partial charge in [0.05, 0.1) is 17.7 Å². The molecule has 0 aliphatic heterocycles. The Morgan fingerprint density at radius 1 is 1.05 bits per heavy atom. The van der Waals surface area contributed by atoms with Crippen LogP contribution in [0.2, 0.25) is 5.02 Å². The van der Waals surface area contributed by atoms with Gasteiger partial charge in [0.25, 0.3) is 10.0 Å². The van der Waals surface area contributed by atoms with Crippen LogP contribution in [0.25, 0.3) is 0 Å². The lowest BCUT2D eigenvalue weighted by molar-refractivity contribution is -0.139. The second kappa shape index (κ2) is 13.7. The lowest BCUT2D eigenvalue weighted by Gasteiger charge is -2.33. The predicted octanol–water partition coefficient (Wildman–Crippen LogP) is 5.78. The quantitative estimate of drug-likeness (QED) is 0.281. The highest BCUT2D eigenvalue weighted by molar-refractivity contribution is 9.10. The number of ether oxygens (including phenoxy) is 1. The fraction of sp³-hybridized carbons (Fsp3) is 0.333. The molecule has 1 saturated carbocycles. The summed E-state index contributed by atoms with van der Waals surface area (Å²) in [5.41, 5.74) is 0.897. The molecule has 2 amide bonds. The van der Waals surface area contributed by atoms with Gasteiger partial charge in [0.1, 0.15) is 18.3 Å². The van der Waals surface area contributed by atoms with Gasteiger partial charge < -0.3 is 15.0 Å². The van der Waals surface area contributed by atoms with Crippen molar-refractivity contribution >= 4 is 55.1 Å². The van der Waals surface area contributed by atoms with Crippen LogP contribution in [0.5, 0.6) is 5.75 Å². The third kappa shape index (κ3) is 7.61. The lowest BCUT2D eigenvalue weighted by atomic mass is 10.1. The largest absolute Gasteiger partial charge is 0.495 e. The number of sulfonamides is 1. The molecule has 1 aliphatic carbocycles. The normalized spacial score (nSPS) is 14.3. The van der Waals surface area contributed by atoms with E-state index < -0.39 is 28.5 Å². The molecule has 1 unspecified atom stereocenters. The minimum atomic E-state index is -4.24. The Hall–Kier alpha value is -3.08. The number of anilines is 1. The van der Waals surface area contributed by atoms with Gasteiger partial charge in [-0.1, -0.05) is 70.7 Å². The maximum Gasteiger partial charge on any atom is 0.264 e. The number of amides is 2. The number of carbonyl (C=O) groups is 2. The van der Waals surface area contributed by atoms with Gasteiger partial charge in [0.2, 0.25) is 11.8 Å². The zero-order valence-corrected chi connectivity index (χ0v) is 26.1. The number of nitrogens with zero attached hydrogens (tertiary/aromatic N) is 2. The standard InChI is InChI=1S/C30H33BrClN3O5S/c1-21(30(37)33-25-11-6-7-12-25)34(19-22-9-8-10-23(31)17-22)29(36)20-35(27-18-24(32)15-16-28(27)40-2)41(38,39)26-13-4-3-5-14-26/h3-5,8-10,13-18,21,25H,6-7,11-12,19-20H2,1-2H3,(H,33,37). The first-order valence-electron chi connectivity index (χ1n) is 13.4. The van der Waals surface area contributed by atoms with Crippen molar-refractivity contribution in [1.82, 2.24) is 10.2 Å². The minimum absolute atomic E-state index is 0.000364. The summed E-state index contributed by atoms with van der Waals surface area (Å²) < 4.78 is 35.2. The van der Waals surface area contributed by atoms with Crippen LogP contribution in [0.15, 0.2) is 82.2 Å². The average Bonchev–Trinajstić information content (AvgIpc) is 3.47. The lowest BCUT2D eigenvalue weighted by Crippen LogP contribution is -2.52. The molecule has 11 heteroatoms. The Morgan fingerprint density at radius 2 is 1.76 bits per heavy atom. The molecule has 8 nitrogen and oxygen atoms in total. The Bertz CT molecular complexity index is 1480. The Labute approximate surface area is 254 Å². The first-order chi connectivity index (χ1) is 19.6. The Morgan fingerprint density at radius 3 is 2.41 bits per heavy atom. The van der Waals surface area contributed by atoms with E-state index in [0.717, 1.165) is 40.0 Å². The smallest absolute Gasteiger partial charge is 0.264 e. The van der Waals surface area contributed by atoms with Crippen LogP contribution >= 0.6 is 27.5 Å². The molecule has 0 bridgehead atoms. The summed E-state index contributed by atoms with van der Waals surface area (Å²) >= 11 is 9.74. The van der Waals surface area contributed by atoms with Gasteiger partial charge in [-0.05, 0) is 67.8 Å². The predicted molar refractivity (Wildman–Crippen MR) is 164 cm³/mol. The first kappa shape index (κ1) is 30.9. The number of halogens is 2. The molecule has 0 heterocycles. The summed E-state index contributed by atoms with van der Waals surface area (Å²) in [5.74, 6) is -0.606. The Kier molecular flexibility index (Phi) is 10.3. The van der Waals surface area contributed by atoms with E-state index in [-0.39, 0.29) is 39.8 Å². The van der Waals surface area contributed by atoms with E-state index in [0.29, 0.717) is 0 Å². The van der Waals surface area contributed by atoms with Gasteiger partial charge in [-0.3, -0.25) is 13.9 Å². The van der Waals surface area contributed by atoms with Gasteiger partial charge >= 0.3 is 0 Å². The number of benzene rings is 3. The van der Waals surface area contributed by atoms with Crippen molar-refractivity contribution in [3.63, 3.8) is 0 Å². The van der Waals surface area contributed by atoms with Gasteiger partial charge in [0, 0.05) is 22.1 Å². The Balaban J connectivity index is 1.73. The topological polar surface area (TPSA) is 96.0 Å². The SMILES string of the molecule is COc1ccc(Cl)cc1N(CC(=O)N(Cc1cccc(Br)c1)C(C)C(=O)NC1CCCC1)S(=O)(=O)c1ccccc1. The molecule has 218 valence electrons. The van der Waals surface area contributed by atoms with Crippen molar-refractivity contribution in [3.8, 4) is 5.75 Å². The van der Waals surface area contributed by atoms with Gasteiger partial charge in [-0.25, -0.2) is 8.42 Å². The van der Waals surface area contributed by atoms with E-state index in [1.54, 1.807) is 37.3 Å². The summed E-state index contributed by atoms with van der Waals surface area (Å²) in [5, 5.41) is 3.34. The molecule has 0 aromatic heterocycles. The van der Waals surface area contributed by atoms with Crippen molar-refractivity contribution in [2.75, 3.05) is 18.0 Å². The van der Waals surface area contributed by atoms with Crippen molar-refractivity contribution in [1.29, 1.82) is 0 Å². The van der Waals surface area contributed by atoms with E-state index in [4.69, 9.17) is 16.3 Å². The molecular weight excluding hydrogens is 630 g/mol. The first-order valence-corrected chi connectivity index (χ1v) is 16.0. The van der Waals surface area contributed by atoms with E-state index in [9.17, 15) is 18.0 Å². The van der Waals surface area contributed by atoms with Crippen LogP contribution in [0.1, 0.15) is 38.2 Å². The van der Waals surface area contributed by atoms with Gasteiger partial charge in [-0.15, -0.1) is 0 Å². The summed E-state index contributed by atoms with van der Waals surface area (Å²) in [6, 6.07) is 19.0. The monoisotopic (exact) mass is 661 g/mol. The number of methoxy groups -OCH3 is 1. The van der Waals surface area contributed by atoms with Crippen molar-refractivity contribution in [2.45, 2.75) is 56.1 Å². The molecule has 41 heavy (non-hydrogen) atoms. The number of carbonyl (C=O) groups excluding carboxylic acids is 2.